The minimum atomic E-state index is -0.561. The van der Waals surface area contributed by atoms with Gasteiger partial charge >= 0.3 is 5.97 Å². The SMILES string of the molecule is C=CCOC(=O)c1ccc(NC(=O)c2ccc(NC(=O)c3ccc(NC(=O)CN)c(OCc4ccccc4)c3)c(OCc3ccccc3)c2)c(OC(C)C)c1. The van der Waals surface area contributed by atoms with Gasteiger partial charge in [0.05, 0.1) is 35.3 Å². The second-order valence-corrected chi connectivity index (χ2v) is 12.4. The highest BCUT2D eigenvalue weighted by atomic mass is 16.5. The largest absolute Gasteiger partial charge is 0.489 e. The Kier molecular flexibility index (Phi) is 13.7. The molecule has 0 unspecified atom stereocenters. The van der Waals surface area contributed by atoms with E-state index in [2.05, 4.69) is 22.5 Å². The summed E-state index contributed by atoms with van der Waals surface area (Å²) in [6.45, 7) is 7.37. The first-order valence-electron chi connectivity index (χ1n) is 17.5. The number of hydrogen-bond donors (Lipinski definition) is 4. The minimum absolute atomic E-state index is 0.0498. The summed E-state index contributed by atoms with van der Waals surface area (Å²) in [4.78, 5) is 52.0. The second kappa shape index (κ2) is 19.2. The molecule has 5 rings (SSSR count). The number of ether oxygens (including phenoxy) is 4. The number of carbonyl (C=O) groups excluding carboxylic acids is 4. The Morgan fingerprint density at radius 3 is 1.56 bits per heavy atom. The highest BCUT2D eigenvalue weighted by Gasteiger charge is 2.19. The molecule has 0 bridgehead atoms. The summed E-state index contributed by atoms with van der Waals surface area (Å²) < 4.78 is 23.3. The zero-order valence-electron chi connectivity index (χ0n) is 30.5. The molecule has 5 N–H and O–H groups in total. The van der Waals surface area contributed by atoms with Gasteiger partial charge in [-0.05, 0) is 79.6 Å². The van der Waals surface area contributed by atoms with Crippen LogP contribution in [0.2, 0.25) is 0 Å². The Morgan fingerprint density at radius 2 is 1.09 bits per heavy atom. The summed E-state index contributed by atoms with van der Waals surface area (Å²) in [5.41, 5.74) is 8.97. The molecule has 12 nitrogen and oxygen atoms in total. The smallest absolute Gasteiger partial charge is 0.338 e. The van der Waals surface area contributed by atoms with Crippen LogP contribution in [-0.2, 0) is 22.7 Å². The highest BCUT2D eigenvalue weighted by Crippen LogP contribution is 2.32. The zero-order valence-corrected chi connectivity index (χ0v) is 30.5. The molecule has 0 aliphatic heterocycles. The second-order valence-electron chi connectivity index (χ2n) is 12.4. The number of anilines is 3. The lowest BCUT2D eigenvalue weighted by atomic mass is 10.1. The van der Waals surface area contributed by atoms with Gasteiger partial charge in [-0.3, -0.25) is 14.4 Å². The Balaban J connectivity index is 1.41. The molecule has 5 aromatic rings. The number of rotatable bonds is 17. The third-order valence-corrected chi connectivity index (χ3v) is 7.83. The van der Waals surface area contributed by atoms with E-state index in [9.17, 15) is 19.2 Å². The molecular weight excluding hydrogens is 700 g/mol. The molecule has 0 atom stereocenters. The van der Waals surface area contributed by atoms with Gasteiger partial charge in [0.25, 0.3) is 11.8 Å². The Labute approximate surface area is 319 Å². The van der Waals surface area contributed by atoms with Gasteiger partial charge in [0.2, 0.25) is 5.91 Å². The van der Waals surface area contributed by atoms with E-state index in [4.69, 9.17) is 24.7 Å². The van der Waals surface area contributed by atoms with Crippen molar-refractivity contribution in [2.24, 2.45) is 5.73 Å². The van der Waals surface area contributed by atoms with Crippen LogP contribution in [0.3, 0.4) is 0 Å². The maximum atomic E-state index is 13.7. The molecule has 0 aromatic heterocycles. The molecule has 0 saturated carbocycles. The number of nitrogens with one attached hydrogen (secondary N) is 3. The number of nitrogens with two attached hydrogens (primary N) is 1. The molecule has 0 spiro atoms. The maximum absolute atomic E-state index is 13.7. The first-order chi connectivity index (χ1) is 26.6. The average molecular weight is 743 g/mol. The van der Waals surface area contributed by atoms with E-state index in [1.165, 1.54) is 30.3 Å². The van der Waals surface area contributed by atoms with Crippen LogP contribution in [0.4, 0.5) is 17.1 Å². The molecule has 3 amide bonds. The summed E-state index contributed by atoms with van der Waals surface area (Å²) in [6, 6.07) is 32.8. The van der Waals surface area contributed by atoms with Gasteiger partial charge in [-0.15, -0.1) is 0 Å². The fourth-order valence-electron chi connectivity index (χ4n) is 5.16. The van der Waals surface area contributed by atoms with Crippen molar-refractivity contribution >= 4 is 40.8 Å². The van der Waals surface area contributed by atoms with Gasteiger partial charge in [-0.25, -0.2) is 4.79 Å². The standard InChI is InChI=1S/C43H42N4O8/c1-4-21-52-43(51)33-17-20-36(39(24-33)55-28(2)3)47-42(50)32-16-19-35(38(23-32)54-27-30-13-9-6-10-14-30)46-41(49)31-15-18-34(45-40(48)25-44)37(22-31)53-26-29-11-7-5-8-12-29/h4-20,22-24,28H,1,21,25-27,44H2,2-3H3,(H,45,48)(H,46,49)(H,47,50). The topological polar surface area (TPSA) is 167 Å². The molecule has 0 aliphatic carbocycles. The van der Waals surface area contributed by atoms with E-state index in [1.54, 1.807) is 30.3 Å². The normalized spacial score (nSPS) is 10.5. The number of amides is 3. The first-order valence-corrected chi connectivity index (χ1v) is 17.5. The predicted molar refractivity (Wildman–Crippen MR) is 211 cm³/mol. The molecule has 12 heteroatoms. The molecule has 0 aliphatic rings. The van der Waals surface area contributed by atoms with Crippen LogP contribution in [0.25, 0.3) is 0 Å². The van der Waals surface area contributed by atoms with Gasteiger partial charge in [0.15, 0.2) is 0 Å². The molecule has 0 fully saturated rings. The fraction of sp³-hybridized carbons (Fsp3) is 0.163. The lowest BCUT2D eigenvalue weighted by Crippen LogP contribution is -2.22. The number of carbonyl (C=O) groups is 4. The summed E-state index contributed by atoms with van der Waals surface area (Å²) in [6.07, 6.45) is 1.21. The molecule has 5 aromatic carbocycles. The highest BCUT2D eigenvalue weighted by molar-refractivity contribution is 6.08. The molecule has 0 heterocycles. The quantitative estimate of drug-likeness (QED) is 0.0562. The monoisotopic (exact) mass is 742 g/mol. The van der Waals surface area contributed by atoms with E-state index in [0.29, 0.717) is 17.1 Å². The Hall–Kier alpha value is -6.92. The van der Waals surface area contributed by atoms with Crippen molar-refractivity contribution in [2.45, 2.75) is 33.2 Å². The van der Waals surface area contributed by atoms with Crippen LogP contribution in [0, 0.1) is 0 Å². The van der Waals surface area contributed by atoms with Crippen LogP contribution >= 0.6 is 0 Å². The van der Waals surface area contributed by atoms with Gasteiger partial charge in [-0.2, -0.15) is 0 Å². The number of esters is 1. The van der Waals surface area contributed by atoms with Crippen LogP contribution in [0.1, 0.15) is 56.0 Å². The molecule has 0 radical (unpaired) electrons. The first kappa shape index (κ1) is 39.3. The van der Waals surface area contributed by atoms with Crippen LogP contribution in [0.15, 0.2) is 128 Å². The summed E-state index contributed by atoms with van der Waals surface area (Å²) in [5, 5.41) is 8.44. The van der Waals surface area contributed by atoms with Gasteiger partial charge in [0.1, 0.15) is 37.1 Å². The minimum Gasteiger partial charge on any atom is -0.489 e. The van der Waals surface area contributed by atoms with Crippen molar-refractivity contribution in [3.8, 4) is 17.2 Å². The third kappa shape index (κ3) is 11.3. The number of hydrogen-bond acceptors (Lipinski definition) is 9. The average Bonchev–Trinajstić information content (AvgIpc) is 3.20. The summed E-state index contributed by atoms with van der Waals surface area (Å²) in [5.74, 6) is -1.19. The summed E-state index contributed by atoms with van der Waals surface area (Å²) >= 11 is 0. The predicted octanol–water partition coefficient (Wildman–Crippen LogP) is 7.38. The lowest BCUT2D eigenvalue weighted by molar-refractivity contribution is -0.114. The van der Waals surface area contributed by atoms with E-state index in [1.807, 2.05) is 74.5 Å². The maximum Gasteiger partial charge on any atom is 0.338 e. The number of benzene rings is 5. The Morgan fingerprint density at radius 1 is 0.636 bits per heavy atom. The van der Waals surface area contributed by atoms with Gasteiger partial charge in [0, 0.05) is 11.1 Å². The third-order valence-electron chi connectivity index (χ3n) is 7.83. The van der Waals surface area contributed by atoms with Crippen molar-refractivity contribution in [3.05, 3.63) is 156 Å². The molecule has 0 saturated heterocycles. The van der Waals surface area contributed by atoms with Crippen molar-refractivity contribution in [3.63, 3.8) is 0 Å². The van der Waals surface area contributed by atoms with Crippen molar-refractivity contribution in [2.75, 3.05) is 29.1 Å². The van der Waals surface area contributed by atoms with Crippen LogP contribution in [0.5, 0.6) is 17.2 Å². The van der Waals surface area contributed by atoms with E-state index in [0.717, 1.165) is 11.1 Å². The lowest BCUT2D eigenvalue weighted by Gasteiger charge is -2.17. The molecular formula is C43H42N4O8. The van der Waals surface area contributed by atoms with Crippen LogP contribution in [-0.4, -0.2) is 42.9 Å². The van der Waals surface area contributed by atoms with Crippen molar-refractivity contribution < 1.29 is 38.1 Å². The fourth-order valence-corrected chi connectivity index (χ4v) is 5.16. The van der Waals surface area contributed by atoms with Gasteiger partial charge < -0.3 is 40.6 Å². The van der Waals surface area contributed by atoms with E-state index in [-0.39, 0.29) is 66.4 Å². The van der Waals surface area contributed by atoms with E-state index >= 15 is 0 Å². The van der Waals surface area contributed by atoms with Crippen molar-refractivity contribution in [1.29, 1.82) is 0 Å². The van der Waals surface area contributed by atoms with Gasteiger partial charge in [-0.1, -0.05) is 73.3 Å². The molecule has 55 heavy (non-hydrogen) atoms. The van der Waals surface area contributed by atoms with Crippen LogP contribution < -0.4 is 35.9 Å². The summed E-state index contributed by atoms with van der Waals surface area (Å²) in [7, 11) is 0. The Bertz CT molecular complexity index is 2140. The van der Waals surface area contributed by atoms with E-state index < -0.39 is 23.7 Å². The molecule has 282 valence electrons. The zero-order chi connectivity index (χ0) is 39.2. The van der Waals surface area contributed by atoms with Crippen molar-refractivity contribution in [1.82, 2.24) is 0 Å².